The fourth-order valence-electron chi connectivity index (χ4n) is 2.33. The Hall–Kier alpha value is -0.530. The lowest BCUT2D eigenvalue weighted by molar-refractivity contribution is 0.00459. The summed E-state index contributed by atoms with van der Waals surface area (Å²) in [5.74, 6) is 0. The van der Waals surface area contributed by atoms with Crippen molar-refractivity contribution in [3.8, 4) is 0 Å². The largest absolute Gasteiger partial charge is 0.381 e. The highest BCUT2D eigenvalue weighted by Gasteiger charge is 2.28. The molecule has 0 spiro atoms. The summed E-state index contributed by atoms with van der Waals surface area (Å²) in [6, 6.07) is 8.06. The van der Waals surface area contributed by atoms with Gasteiger partial charge in [0.1, 0.15) is 0 Å². The maximum Gasteiger partial charge on any atom is 0.0622 e. The maximum absolute atomic E-state index is 5.99. The standard InChI is InChI=1S/C14H21ClO/c1-5-13(16-4)14(2,3)10-11-7-6-8-12(15)9-11/h6-9,13H,5,10H2,1-4H3. The van der Waals surface area contributed by atoms with Crippen LogP contribution in [0.4, 0.5) is 0 Å². The molecule has 0 amide bonds. The molecular formula is C14H21ClO. The van der Waals surface area contributed by atoms with E-state index in [1.807, 2.05) is 18.2 Å². The first-order valence-corrected chi connectivity index (χ1v) is 6.14. The van der Waals surface area contributed by atoms with Crippen molar-refractivity contribution in [3.05, 3.63) is 34.9 Å². The summed E-state index contributed by atoms with van der Waals surface area (Å²) < 4.78 is 5.53. The van der Waals surface area contributed by atoms with Gasteiger partial charge in [0, 0.05) is 12.1 Å². The van der Waals surface area contributed by atoms with Gasteiger partial charge in [0.05, 0.1) is 6.10 Å². The van der Waals surface area contributed by atoms with Crippen LogP contribution in [0.15, 0.2) is 24.3 Å². The van der Waals surface area contributed by atoms with Crippen molar-refractivity contribution < 1.29 is 4.74 Å². The Morgan fingerprint density at radius 1 is 1.38 bits per heavy atom. The molecule has 1 nitrogen and oxygen atoms in total. The summed E-state index contributed by atoms with van der Waals surface area (Å²) in [6.45, 7) is 6.64. The number of hydrogen-bond acceptors (Lipinski definition) is 1. The molecule has 0 radical (unpaired) electrons. The van der Waals surface area contributed by atoms with Crippen molar-refractivity contribution >= 4 is 11.6 Å². The fraction of sp³-hybridized carbons (Fsp3) is 0.571. The van der Waals surface area contributed by atoms with Crippen molar-refractivity contribution in [3.63, 3.8) is 0 Å². The van der Waals surface area contributed by atoms with Crippen LogP contribution >= 0.6 is 11.6 Å². The monoisotopic (exact) mass is 240 g/mol. The average Bonchev–Trinajstić information content (AvgIpc) is 2.18. The molecule has 0 fully saturated rings. The molecule has 0 aromatic heterocycles. The molecule has 0 aliphatic carbocycles. The van der Waals surface area contributed by atoms with Crippen molar-refractivity contribution in [1.82, 2.24) is 0 Å². The van der Waals surface area contributed by atoms with Gasteiger partial charge >= 0.3 is 0 Å². The molecular weight excluding hydrogens is 220 g/mol. The number of ether oxygens (including phenoxy) is 1. The molecule has 90 valence electrons. The Morgan fingerprint density at radius 3 is 2.56 bits per heavy atom. The minimum Gasteiger partial charge on any atom is -0.381 e. The van der Waals surface area contributed by atoms with E-state index in [9.17, 15) is 0 Å². The highest BCUT2D eigenvalue weighted by atomic mass is 35.5. The first-order chi connectivity index (χ1) is 7.49. The minimum atomic E-state index is 0.133. The zero-order valence-electron chi connectivity index (χ0n) is 10.6. The van der Waals surface area contributed by atoms with Crippen LogP contribution in [0.25, 0.3) is 0 Å². The summed E-state index contributed by atoms with van der Waals surface area (Å²) in [5.41, 5.74) is 1.40. The Kier molecular flexibility index (Phi) is 4.82. The molecule has 1 aromatic carbocycles. The second-order valence-corrected chi connectivity index (χ2v) is 5.36. The van der Waals surface area contributed by atoms with Gasteiger partial charge < -0.3 is 4.74 Å². The second-order valence-electron chi connectivity index (χ2n) is 4.93. The van der Waals surface area contributed by atoms with E-state index in [2.05, 4.69) is 26.8 Å². The van der Waals surface area contributed by atoms with Gasteiger partial charge in [0.25, 0.3) is 0 Å². The summed E-state index contributed by atoms with van der Waals surface area (Å²) in [6.07, 6.45) is 2.30. The molecule has 0 aliphatic heterocycles. The summed E-state index contributed by atoms with van der Waals surface area (Å²) in [4.78, 5) is 0. The lowest BCUT2D eigenvalue weighted by Crippen LogP contribution is -2.32. The van der Waals surface area contributed by atoms with Crippen molar-refractivity contribution in [2.24, 2.45) is 5.41 Å². The molecule has 0 aliphatic rings. The van der Waals surface area contributed by atoms with Crippen molar-refractivity contribution in [1.29, 1.82) is 0 Å². The van der Waals surface area contributed by atoms with Crippen LogP contribution in [-0.2, 0) is 11.2 Å². The number of methoxy groups -OCH3 is 1. The maximum atomic E-state index is 5.99. The summed E-state index contributed by atoms with van der Waals surface area (Å²) in [5, 5.41) is 0.804. The highest BCUT2D eigenvalue weighted by Crippen LogP contribution is 2.30. The Labute approximate surface area is 104 Å². The number of hydrogen-bond donors (Lipinski definition) is 0. The zero-order chi connectivity index (χ0) is 12.2. The van der Waals surface area contributed by atoms with E-state index in [0.717, 1.165) is 17.9 Å². The molecule has 1 atom stereocenters. The molecule has 1 aromatic rings. The lowest BCUT2D eigenvalue weighted by atomic mass is 9.79. The van der Waals surface area contributed by atoms with E-state index >= 15 is 0 Å². The number of halogens is 1. The first kappa shape index (κ1) is 13.5. The number of benzene rings is 1. The minimum absolute atomic E-state index is 0.133. The van der Waals surface area contributed by atoms with E-state index in [1.165, 1.54) is 5.56 Å². The van der Waals surface area contributed by atoms with Crippen LogP contribution in [0.5, 0.6) is 0 Å². The quantitative estimate of drug-likeness (QED) is 0.744. The van der Waals surface area contributed by atoms with Gasteiger partial charge in [-0.1, -0.05) is 44.5 Å². The van der Waals surface area contributed by atoms with Crippen LogP contribution in [0.3, 0.4) is 0 Å². The van der Waals surface area contributed by atoms with Gasteiger partial charge in [-0.15, -0.1) is 0 Å². The molecule has 1 rings (SSSR count). The lowest BCUT2D eigenvalue weighted by Gasteiger charge is -2.33. The van der Waals surface area contributed by atoms with Gasteiger partial charge in [-0.05, 0) is 36.0 Å². The third kappa shape index (κ3) is 3.50. The molecule has 0 saturated heterocycles. The van der Waals surface area contributed by atoms with Crippen LogP contribution < -0.4 is 0 Å². The first-order valence-electron chi connectivity index (χ1n) is 5.77. The van der Waals surface area contributed by atoms with Gasteiger partial charge in [-0.3, -0.25) is 0 Å². The highest BCUT2D eigenvalue weighted by molar-refractivity contribution is 6.30. The smallest absolute Gasteiger partial charge is 0.0622 e. The molecule has 0 saturated carbocycles. The molecule has 2 heteroatoms. The van der Waals surface area contributed by atoms with Gasteiger partial charge in [-0.2, -0.15) is 0 Å². The van der Waals surface area contributed by atoms with E-state index < -0.39 is 0 Å². The average molecular weight is 241 g/mol. The molecule has 0 N–H and O–H groups in total. The number of rotatable bonds is 5. The summed E-state index contributed by atoms with van der Waals surface area (Å²) >= 11 is 5.99. The SMILES string of the molecule is CCC(OC)C(C)(C)Cc1cccc(Cl)c1. The predicted octanol–water partition coefficient (Wildman–Crippen LogP) is 4.33. The third-order valence-corrected chi connectivity index (χ3v) is 3.31. The van der Waals surface area contributed by atoms with Gasteiger partial charge in [-0.25, -0.2) is 0 Å². The van der Waals surface area contributed by atoms with E-state index in [4.69, 9.17) is 16.3 Å². The third-order valence-electron chi connectivity index (χ3n) is 3.08. The Morgan fingerprint density at radius 2 is 2.06 bits per heavy atom. The van der Waals surface area contributed by atoms with Crippen LogP contribution in [0.1, 0.15) is 32.8 Å². The topological polar surface area (TPSA) is 9.23 Å². The Balaban J connectivity index is 2.79. The van der Waals surface area contributed by atoms with Crippen LogP contribution in [0, 0.1) is 5.41 Å². The molecule has 1 unspecified atom stereocenters. The van der Waals surface area contributed by atoms with Gasteiger partial charge in [0.2, 0.25) is 0 Å². The predicted molar refractivity (Wildman–Crippen MR) is 70.0 cm³/mol. The fourth-order valence-corrected chi connectivity index (χ4v) is 2.54. The molecule has 0 heterocycles. The van der Waals surface area contributed by atoms with Crippen molar-refractivity contribution in [2.75, 3.05) is 7.11 Å². The second kappa shape index (κ2) is 5.70. The summed E-state index contributed by atoms with van der Waals surface area (Å²) in [7, 11) is 1.79. The van der Waals surface area contributed by atoms with Crippen molar-refractivity contribution in [2.45, 2.75) is 39.7 Å². The van der Waals surface area contributed by atoms with Gasteiger partial charge in [0.15, 0.2) is 0 Å². The van der Waals surface area contributed by atoms with E-state index in [0.29, 0.717) is 0 Å². The van der Waals surface area contributed by atoms with E-state index in [1.54, 1.807) is 7.11 Å². The Bertz CT molecular complexity index is 329. The van der Waals surface area contributed by atoms with E-state index in [-0.39, 0.29) is 11.5 Å². The van der Waals surface area contributed by atoms with Crippen LogP contribution in [0.2, 0.25) is 5.02 Å². The molecule has 0 bridgehead atoms. The van der Waals surface area contributed by atoms with Crippen LogP contribution in [-0.4, -0.2) is 13.2 Å². The normalized spacial score (nSPS) is 13.8. The molecule has 16 heavy (non-hydrogen) atoms. The zero-order valence-corrected chi connectivity index (χ0v) is 11.3.